The Morgan fingerprint density at radius 2 is 1.70 bits per heavy atom. The molecule has 6 heteroatoms. The van der Waals surface area contributed by atoms with Crippen LogP contribution in [0.3, 0.4) is 0 Å². The Morgan fingerprint density at radius 1 is 1.03 bits per heavy atom. The minimum absolute atomic E-state index is 0.0250. The predicted molar refractivity (Wildman–Crippen MR) is 122 cm³/mol. The van der Waals surface area contributed by atoms with Crippen LogP contribution in [0.1, 0.15) is 55.4 Å². The molecule has 2 aromatic rings. The van der Waals surface area contributed by atoms with Gasteiger partial charge in [0.1, 0.15) is 5.75 Å². The van der Waals surface area contributed by atoms with E-state index in [0.29, 0.717) is 24.2 Å². The lowest BCUT2D eigenvalue weighted by atomic mass is 10.0. The van der Waals surface area contributed by atoms with Crippen molar-refractivity contribution in [3.63, 3.8) is 0 Å². The SMILES string of the molecule is CC(CCCc1ccc(CCCCN)cc1)NCC(O)c1ccc(O)c(NC=O)c1. The number of carbonyl (C=O) groups excluding carboxylic acids is 1. The number of carbonyl (C=O) groups is 1. The number of rotatable bonds is 14. The Balaban J connectivity index is 1.70. The van der Waals surface area contributed by atoms with Gasteiger partial charge in [-0.15, -0.1) is 0 Å². The Hall–Kier alpha value is -2.41. The normalized spacial score (nSPS) is 13.0. The summed E-state index contributed by atoms with van der Waals surface area (Å²) in [6.45, 7) is 3.28. The molecule has 0 aromatic heterocycles. The van der Waals surface area contributed by atoms with E-state index in [1.54, 1.807) is 12.1 Å². The van der Waals surface area contributed by atoms with Crippen molar-refractivity contribution in [2.75, 3.05) is 18.4 Å². The van der Waals surface area contributed by atoms with Crippen LogP contribution in [0.15, 0.2) is 42.5 Å². The molecule has 1 amide bonds. The zero-order valence-corrected chi connectivity index (χ0v) is 17.8. The number of nitrogens with one attached hydrogen (secondary N) is 2. The maximum atomic E-state index is 10.6. The van der Waals surface area contributed by atoms with Crippen molar-refractivity contribution >= 4 is 12.1 Å². The van der Waals surface area contributed by atoms with Crippen LogP contribution >= 0.6 is 0 Å². The van der Waals surface area contributed by atoms with Crippen molar-refractivity contribution < 1.29 is 15.0 Å². The molecule has 0 bridgehead atoms. The fourth-order valence-electron chi connectivity index (χ4n) is 3.43. The Morgan fingerprint density at radius 3 is 2.33 bits per heavy atom. The fraction of sp³-hybridized carbons (Fsp3) is 0.458. The fourth-order valence-corrected chi connectivity index (χ4v) is 3.43. The van der Waals surface area contributed by atoms with Gasteiger partial charge in [-0.25, -0.2) is 0 Å². The van der Waals surface area contributed by atoms with E-state index in [1.165, 1.54) is 17.2 Å². The van der Waals surface area contributed by atoms with Gasteiger partial charge in [0.25, 0.3) is 0 Å². The van der Waals surface area contributed by atoms with Crippen LogP contribution in [-0.2, 0) is 17.6 Å². The first-order valence-corrected chi connectivity index (χ1v) is 10.8. The Labute approximate surface area is 179 Å². The summed E-state index contributed by atoms with van der Waals surface area (Å²) in [6, 6.07) is 13.9. The van der Waals surface area contributed by atoms with E-state index in [9.17, 15) is 15.0 Å². The summed E-state index contributed by atoms with van der Waals surface area (Å²) in [5.74, 6) is -0.0250. The maximum absolute atomic E-state index is 10.6. The molecule has 0 fully saturated rings. The van der Waals surface area contributed by atoms with Gasteiger partial charge in [-0.3, -0.25) is 4.79 Å². The third kappa shape index (κ3) is 8.14. The van der Waals surface area contributed by atoms with Gasteiger partial charge >= 0.3 is 0 Å². The predicted octanol–water partition coefficient (Wildman–Crippen LogP) is 3.28. The molecule has 2 unspecified atom stereocenters. The molecule has 0 radical (unpaired) electrons. The van der Waals surface area contributed by atoms with Gasteiger partial charge in [-0.2, -0.15) is 0 Å². The molecular formula is C24H35N3O3. The highest BCUT2D eigenvalue weighted by molar-refractivity contribution is 5.75. The molecule has 0 aliphatic carbocycles. The van der Waals surface area contributed by atoms with Gasteiger partial charge < -0.3 is 26.6 Å². The highest BCUT2D eigenvalue weighted by Crippen LogP contribution is 2.26. The number of unbranched alkanes of at least 4 members (excludes halogenated alkanes) is 1. The summed E-state index contributed by atoms with van der Waals surface area (Å²) < 4.78 is 0. The number of nitrogens with two attached hydrogens (primary N) is 1. The van der Waals surface area contributed by atoms with Gasteiger partial charge in [0, 0.05) is 12.6 Å². The average molecular weight is 414 g/mol. The van der Waals surface area contributed by atoms with Crippen LogP contribution in [0, 0.1) is 0 Å². The number of anilines is 1. The lowest BCUT2D eigenvalue weighted by molar-refractivity contribution is -0.105. The van der Waals surface area contributed by atoms with E-state index >= 15 is 0 Å². The van der Waals surface area contributed by atoms with E-state index in [1.807, 2.05) is 0 Å². The minimum atomic E-state index is -0.716. The van der Waals surface area contributed by atoms with Crippen molar-refractivity contribution in [3.8, 4) is 5.75 Å². The average Bonchev–Trinajstić information content (AvgIpc) is 2.75. The molecule has 0 aliphatic heterocycles. The van der Waals surface area contributed by atoms with Crippen molar-refractivity contribution in [2.24, 2.45) is 5.73 Å². The number of aliphatic hydroxyl groups is 1. The molecule has 0 aliphatic rings. The number of hydrogen-bond acceptors (Lipinski definition) is 5. The van der Waals surface area contributed by atoms with Crippen molar-refractivity contribution in [1.29, 1.82) is 0 Å². The largest absolute Gasteiger partial charge is 0.506 e. The molecule has 0 heterocycles. The number of aromatic hydroxyl groups is 1. The number of amides is 1. The molecule has 0 saturated heterocycles. The van der Waals surface area contributed by atoms with Crippen molar-refractivity contribution in [2.45, 2.75) is 57.6 Å². The molecule has 2 aromatic carbocycles. The van der Waals surface area contributed by atoms with E-state index in [-0.39, 0.29) is 11.8 Å². The van der Waals surface area contributed by atoms with E-state index in [2.05, 4.69) is 41.8 Å². The number of aliphatic hydroxyl groups excluding tert-OH is 1. The molecule has 2 atom stereocenters. The number of aryl methyl sites for hydroxylation is 2. The first kappa shape index (κ1) is 23.9. The van der Waals surface area contributed by atoms with Crippen LogP contribution in [0.2, 0.25) is 0 Å². The summed E-state index contributed by atoms with van der Waals surface area (Å²) in [4.78, 5) is 10.6. The molecule has 6 nitrogen and oxygen atoms in total. The summed E-state index contributed by atoms with van der Waals surface area (Å²) in [7, 11) is 0. The number of hydrogen-bond donors (Lipinski definition) is 5. The first-order valence-electron chi connectivity index (χ1n) is 10.8. The monoisotopic (exact) mass is 413 g/mol. The van der Waals surface area contributed by atoms with Gasteiger partial charge in [-0.1, -0.05) is 30.3 Å². The minimum Gasteiger partial charge on any atom is -0.506 e. The van der Waals surface area contributed by atoms with E-state index < -0.39 is 6.10 Å². The van der Waals surface area contributed by atoms with Crippen LogP contribution in [-0.4, -0.2) is 35.8 Å². The molecule has 164 valence electrons. The zero-order valence-electron chi connectivity index (χ0n) is 17.8. The van der Waals surface area contributed by atoms with Crippen molar-refractivity contribution in [1.82, 2.24) is 5.32 Å². The molecule has 0 saturated carbocycles. The van der Waals surface area contributed by atoms with Gasteiger partial charge in [0.2, 0.25) is 6.41 Å². The van der Waals surface area contributed by atoms with Gasteiger partial charge in [-0.05, 0) is 80.8 Å². The highest BCUT2D eigenvalue weighted by Gasteiger charge is 2.12. The van der Waals surface area contributed by atoms with Gasteiger partial charge in [0.15, 0.2) is 0 Å². The highest BCUT2D eigenvalue weighted by atomic mass is 16.3. The number of benzene rings is 2. The third-order valence-electron chi connectivity index (χ3n) is 5.32. The number of phenols is 1. The lowest BCUT2D eigenvalue weighted by Gasteiger charge is -2.18. The molecular weight excluding hydrogens is 378 g/mol. The molecule has 0 spiro atoms. The standard InChI is InChI=1S/C24H35N3O3/c1-18(5-4-7-20-10-8-19(9-11-20)6-2-3-14-25)26-16-24(30)21-12-13-23(29)22(15-21)27-17-28/h8-13,15,17-18,24,26,29-30H,2-7,14,16,25H2,1H3,(H,27,28). The van der Waals surface area contributed by atoms with E-state index in [4.69, 9.17) is 5.73 Å². The summed E-state index contributed by atoms with van der Waals surface area (Å²) >= 11 is 0. The number of phenolic OH excluding ortho intramolecular Hbond substituents is 1. The molecule has 6 N–H and O–H groups in total. The molecule has 30 heavy (non-hydrogen) atoms. The van der Waals surface area contributed by atoms with Crippen LogP contribution in [0.5, 0.6) is 5.75 Å². The second-order valence-electron chi connectivity index (χ2n) is 7.82. The summed E-state index contributed by atoms with van der Waals surface area (Å²) in [5.41, 5.74) is 9.20. The smallest absolute Gasteiger partial charge is 0.211 e. The summed E-state index contributed by atoms with van der Waals surface area (Å²) in [5, 5.41) is 25.9. The zero-order chi connectivity index (χ0) is 21.8. The quantitative estimate of drug-likeness (QED) is 0.186. The van der Waals surface area contributed by atoms with E-state index in [0.717, 1.165) is 45.1 Å². The summed E-state index contributed by atoms with van der Waals surface area (Å²) in [6.07, 6.45) is 6.22. The van der Waals surface area contributed by atoms with Gasteiger partial charge in [0.05, 0.1) is 11.8 Å². The van der Waals surface area contributed by atoms with Crippen LogP contribution in [0.4, 0.5) is 5.69 Å². The lowest BCUT2D eigenvalue weighted by Crippen LogP contribution is -2.30. The second-order valence-corrected chi connectivity index (χ2v) is 7.82. The molecule has 2 rings (SSSR count). The van der Waals surface area contributed by atoms with Crippen LogP contribution < -0.4 is 16.4 Å². The van der Waals surface area contributed by atoms with Crippen molar-refractivity contribution in [3.05, 3.63) is 59.2 Å². The maximum Gasteiger partial charge on any atom is 0.211 e. The Bertz CT molecular complexity index is 765. The first-order chi connectivity index (χ1) is 14.5. The third-order valence-corrected chi connectivity index (χ3v) is 5.32. The topological polar surface area (TPSA) is 108 Å². The Kier molecular flexibility index (Phi) is 10.3. The second kappa shape index (κ2) is 13.0. The van der Waals surface area contributed by atoms with Crippen LogP contribution in [0.25, 0.3) is 0 Å².